The molecule has 0 bridgehead atoms. The summed E-state index contributed by atoms with van der Waals surface area (Å²) in [4.78, 5) is 22.8. The van der Waals surface area contributed by atoms with Gasteiger partial charge >= 0.3 is 11.9 Å². The number of hydrogen-bond acceptors (Lipinski definition) is 6. The summed E-state index contributed by atoms with van der Waals surface area (Å²) in [5.74, 6) is -2.64. The summed E-state index contributed by atoms with van der Waals surface area (Å²) in [5.41, 5.74) is 0.625. The Labute approximate surface area is 129 Å². The lowest BCUT2D eigenvalue weighted by Gasteiger charge is -2.15. The van der Waals surface area contributed by atoms with Crippen LogP contribution in [0, 0.1) is 0 Å². The van der Waals surface area contributed by atoms with Crippen LogP contribution in [0.2, 0.25) is 0 Å². The van der Waals surface area contributed by atoms with Crippen molar-refractivity contribution in [2.24, 2.45) is 0 Å². The molecule has 7 nitrogen and oxygen atoms in total. The Balaban J connectivity index is 3.47. The van der Waals surface area contributed by atoms with E-state index in [0.29, 0.717) is 11.1 Å². The molecule has 8 heteroatoms. The van der Waals surface area contributed by atoms with Gasteiger partial charge in [-0.15, -0.1) is 0 Å². The van der Waals surface area contributed by atoms with Crippen LogP contribution in [0.5, 0.6) is 0 Å². The van der Waals surface area contributed by atoms with Crippen molar-refractivity contribution in [3.63, 3.8) is 0 Å². The van der Waals surface area contributed by atoms with Gasteiger partial charge in [0.25, 0.3) is 10.1 Å². The molecule has 0 aliphatic carbocycles. The van der Waals surface area contributed by atoms with Crippen molar-refractivity contribution in [1.29, 1.82) is 0 Å². The Morgan fingerprint density at radius 1 is 0.955 bits per heavy atom. The van der Waals surface area contributed by atoms with E-state index in [1.54, 1.807) is 0 Å². The minimum Gasteiger partial charge on any atom is -0.469 e. The largest absolute Gasteiger partial charge is 0.469 e. The first-order valence-electron chi connectivity index (χ1n) is 6.39. The molecular formula is C14H18O7S. The topological polar surface area (TPSA) is 107 Å². The average molecular weight is 330 g/mol. The Kier molecular flexibility index (Phi) is 5.67. The summed E-state index contributed by atoms with van der Waals surface area (Å²) in [7, 11) is -2.06. The monoisotopic (exact) mass is 330 g/mol. The van der Waals surface area contributed by atoms with Crippen molar-refractivity contribution in [2.45, 2.75) is 30.6 Å². The highest BCUT2D eigenvalue weighted by Crippen LogP contribution is 2.27. The summed E-state index contributed by atoms with van der Waals surface area (Å²) in [6, 6.07) is 3.85. The predicted octanol–water partition coefficient (Wildman–Crippen LogP) is 1.49. The fourth-order valence-electron chi connectivity index (χ4n) is 1.92. The van der Waals surface area contributed by atoms with Crippen molar-refractivity contribution < 1.29 is 32.0 Å². The van der Waals surface area contributed by atoms with Crippen molar-refractivity contribution in [3.05, 3.63) is 29.3 Å². The quantitative estimate of drug-likeness (QED) is 0.643. The molecule has 1 aromatic carbocycles. The summed E-state index contributed by atoms with van der Waals surface area (Å²) in [6.07, 6.45) is 0. The Bertz CT molecular complexity index is 638. The molecule has 122 valence electrons. The highest BCUT2D eigenvalue weighted by Gasteiger charge is 2.24. The number of methoxy groups -OCH3 is 2. The first kappa shape index (κ1) is 18.1. The van der Waals surface area contributed by atoms with Gasteiger partial charge in [0.1, 0.15) is 0 Å². The molecule has 0 aromatic heterocycles. The fourth-order valence-corrected chi connectivity index (χ4v) is 2.49. The number of carbonyl (C=O) groups excluding carboxylic acids is 2. The molecule has 0 saturated carbocycles. The van der Waals surface area contributed by atoms with Gasteiger partial charge in [0.05, 0.1) is 31.0 Å². The van der Waals surface area contributed by atoms with Gasteiger partial charge in [-0.3, -0.25) is 14.1 Å². The van der Waals surface area contributed by atoms with E-state index in [4.69, 9.17) is 0 Å². The second-order valence-corrected chi connectivity index (χ2v) is 6.22. The summed E-state index contributed by atoms with van der Waals surface area (Å²) >= 11 is 0. The third-order valence-electron chi connectivity index (χ3n) is 3.36. The van der Waals surface area contributed by atoms with Gasteiger partial charge < -0.3 is 9.47 Å². The third kappa shape index (κ3) is 4.05. The standard InChI is InChI=1S/C14H18O7S/c1-8(13(15)20-3)10-5-11(9(2)14(16)21-4)7-12(6-10)22(17,18)19/h5-9H,1-4H3,(H,17,18,19). The van der Waals surface area contributed by atoms with Gasteiger partial charge in [0.15, 0.2) is 0 Å². The first-order chi connectivity index (χ1) is 10.1. The fraction of sp³-hybridized carbons (Fsp3) is 0.429. The van der Waals surface area contributed by atoms with Crippen LogP contribution in [0.25, 0.3) is 0 Å². The minimum absolute atomic E-state index is 0.313. The molecule has 0 amide bonds. The Morgan fingerprint density at radius 3 is 1.59 bits per heavy atom. The molecule has 2 atom stereocenters. The van der Waals surface area contributed by atoms with E-state index >= 15 is 0 Å². The third-order valence-corrected chi connectivity index (χ3v) is 4.19. The number of esters is 2. The summed E-state index contributed by atoms with van der Waals surface area (Å²) < 4.78 is 41.2. The molecule has 2 unspecified atom stereocenters. The highest BCUT2D eigenvalue weighted by atomic mass is 32.2. The maximum Gasteiger partial charge on any atom is 0.312 e. The van der Waals surface area contributed by atoms with E-state index in [2.05, 4.69) is 9.47 Å². The molecular weight excluding hydrogens is 312 g/mol. The maximum absolute atomic E-state index is 11.6. The van der Waals surface area contributed by atoms with Gasteiger partial charge in [-0.2, -0.15) is 8.42 Å². The van der Waals surface area contributed by atoms with Crippen molar-refractivity contribution in [1.82, 2.24) is 0 Å². The molecule has 1 aromatic rings. The van der Waals surface area contributed by atoms with E-state index in [0.717, 1.165) is 0 Å². The molecule has 1 N–H and O–H groups in total. The lowest BCUT2D eigenvalue weighted by atomic mass is 9.94. The number of hydrogen-bond donors (Lipinski definition) is 1. The average Bonchev–Trinajstić information content (AvgIpc) is 2.50. The zero-order chi connectivity index (χ0) is 17.1. The maximum atomic E-state index is 11.6. The number of benzene rings is 1. The Morgan fingerprint density at radius 2 is 1.32 bits per heavy atom. The highest BCUT2D eigenvalue weighted by molar-refractivity contribution is 7.85. The molecule has 0 saturated heterocycles. The first-order valence-corrected chi connectivity index (χ1v) is 7.83. The van der Waals surface area contributed by atoms with Crippen LogP contribution in [0.1, 0.15) is 36.8 Å². The molecule has 22 heavy (non-hydrogen) atoms. The lowest BCUT2D eigenvalue weighted by molar-refractivity contribution is -0.142. The number of carbonyl (C=O) groups is 2. The van der Waals surface area contributed by atoms with Crippen molar-refractivity contribution in [2.75, 3.05) is 14.2 Å². The molecule has 0 radical (unpaired) electrons. The molecule has 0 heterocycles. The number of ether oxygens (including phenoxy) is 2. The molecule has 0 spiro atoms. The second kappa shape index (κ2) is 6.89. The van der Waals surface area contributed by atoms with Crippen LogP contribution in [0.3, 0.4) is 0 Å². The van der Waals surface area contributed by atoms with Crippen molar-refractivity contribution in [3.8, 4) is 0 Å². The van der Waals surface area contributed by atoms with E-state index in [1.807, 2.05) is 0 Å². The second-order valence-electron chi connectivity index (χ2n) is 4.80. The van der Waals surface area contributed by atoms with Crippen LogP contribution < -0.4 is 0 Å². The zero-order valence-electron chi connectivity index (χ0n) is 12.7. The molecule has 1 rings (SSSR count). The molecule has 0 aliphatic rings. The van der Waals surface area contributed by atoms with E-state index < -0.39 is 38.8 Å². The van der Waals surface area contributed by atoms with Crippen LogP contribution in [0.15, 0.2) is 23.1 Å². The lowest BCUT2D eigenvalue weighted by Crippen LogP contribution is -2.15. The summed E-state index contributed by atoms with van der Waals surface area (Å²) in [5, 5.41) is 0. The van der Waals surface area contributed by atoms with Crippen LogP contribution in [-0.2, 0) is 29.2 Å². The van der Waals surface area contributed by atoms with Crippen LogP contribution >= 0.6 is 0 Å². The van der Waals surface area contributed by atoms with Crippen molar-refractivity contribution >= 4 is 22.1 Å². The van der Waals surface area contributed by atoms with Gasteiger partial charge in [0.2, 0.25) is 0 Å². The number of rotatable bonds is 5. The smallest absolute Gasteiger partial charge is 0.312 e. The van der Waals surface area contributed by atoms with E-state index in [1.165, 1.54) is 46.3 Å². The Hall–Kier alpha value is -1.93. The van der Waals surface area contributed by atoms with Crippen LogP contribution in [-0.4, -0.2) is 39.1 Å². The van der Waals surface area contributed by atoms with Gasteiger partial charge in [-0.25, -0.2) is 0 Å². The van der Waals surface area contributed by atoms with Gasteiger partial charge in [-0.1, -0.05) is 6.07 Å². The molecule has 0 aliphatic heterocycles. The van der Waals surface area contributed by atoms with E-state index in [-0.39, 0.29) is 0 Å². The molecule has 0 fully saturated rings. The van der Waals surface area contributed by atoms with Crippen LogP contribution in [0.4, 0.5) is 0 Å². The zero-order valence-corrected chi connectivity index (χ0v) is 13.5. The van der Waals surface area contributed by atoms with E-state index in [9.17, 15) is 22.6 Å². The minimum atomic E-state index is -4.48. The van der Waals surface area contributed by atoms with Gasteiger partial charge in [0, 0.05) is 0 Å². The SMILES string of the molecule is COC(=O)C(C)c1cc(C(C)C(=O)OC)cc(S(=O)(=O)O)c1. The summed E-state index contributed by atoms with van der Waals surface area (Å²) in [6.45, 7) is 3.06. The normalized spacial score (nSPS) is 14.0. The predicted molar refractivity (Wildman–Crippen MR) is 77.1 cm³/mol. The van der Waals surface area contributed by atoms with Gasteiger partial charge in [-0.05, 0) is 37.1 Å².